The number of anilines is 4. The van der Waals surface area contributed by atoms with Crippen LogP contribution >= 0.6 is 10.7 Å². The third-order valence-corrected chi connectivity index (χ3v) is 19.3. The molecule has 0 atom stereocenters. The first-order valence-corrected chi connectivity index (χ1v) is 31.2. The van der Waals surface area contributed by atoms with Crippen molar-refractivity contribution in [2.45, 2.75) is 139 Å². The fourth-order valence-electron chi connectivity index (χ4n) is 10.9. The first kappa shape index (κ1) is 45.4. The van der Waals surface area contributed by atoms with Crippen LogP contribution in [0.3, 0.4) is 0 Å². The molecule has 0 radical (unpaired) electrons. The minimum absolute atomic E-state index is 0.0682. The molecule has 3 saturated heterocycles. The molecule has 0 bridgehead atoms. The molecule has 1 saturated carbocycles. The van der Waals surface area contributed by atoms with Crippen LogP contribution in [0.2, 0.25) is 25.7 Å². The molecule has 5 N–H and O–H groups in total. The molecular weight excluding hydrogens is 902 g/mol. The lowest BCUT2D eigenvalue weighted by molar-refractivity contribution is 0.0161. The number of benzene rings is 2. The van der Waals surface area contributed by atoms with Crippen molar-refractivity contribution in [1.29, 1.82) is 0 Å². The van der Waals surface area contributed by atoms with Crippen LogP contribution in [0.25, 0.3) is 0 Å². The number of hydrogen-bond donors (Lipinski definition) is 5. The molecule has 12 rings (SSSR count). The van der Waals surface area contributed by atoms with Crippen molar-refractivity contribution in [1.82, 2.24) is 44.9 Å². The summed E-state index contributed by atoms with van der Waals surface area (Å²) in [6.45, 7) is 13.1. The van der Waals surface area contributed by atoms with E-state index in [0.29, 0.717) is 31.6 Å². The second kappa shape index (κ2) is 17.6. The summed E-state index contributed by atoms with van der Waals surface area (Å²) in [5, 5.41) is 23.8. The number of hydrogen-bond acceptors (Lipinski definition) is 13. The van der Waals surface area contributed by atoms with Gasteiger partial charge in [0, 0.05) is 81.4 Å². The second-order valence-electron chi connectivity index (χ2n) is 21.0. The molecule has 2 aromatic carbocycles. The van der Waals surface area contributed by atoms with E-state index < -0.39 is 32.3 Å². The van der Waals surface area contributed by atoms with Crippen molar-refractivity contribution in [2.75, 3.05) is 56.5 Å². The molecule has 5 aliphatic carbocycles. The summed E-state index contributed by atoms with van der Waals surface area (Å²) in [5.74, 6) is 0.699. The lowest BCUT2D eigenvalue weighted by atomic mass is 9.65. The average Bonchev–Trinajstić information content (AvgIpc) is 4.03. The number of rotatable bonds is 12. The first-order chi connectivity index (χ1) is 31.1. The number of aromatic nitrogens is 6. The molecule has 16 nitrogen and oxygen atoms in total. The van der Waals surface area contributed by atoms with Crippen LogP contribution in [0.15, 0.2) is 22.4 Å². The minimum Gasteiger partial charge on any atom is -0.359 e. The number of aryl methyl sites for hydroxylation is 4. The van der Waals surface area contributed by atoms with Gasteiger partial charge in [0.15, 0.2) is 0 Å². The minimum atomic E-state index is -4.03. The maximum absolute atomic E-state index is 12.8. The van der Waals surface area contributed by atoms with E-state index in [1.807, 2.05) is 0 Å². The number of sulfonamides is 1. The molecule has 20 heteroatoms. The second-order valence-corrected chi connectivity index (χ2v) is 31.0. The third kappa shape index (κ3) is 9.29. The SMILES string of the molecule is C1CC2(C1)CNC2.C[Si](C)(C)CCOCn1nc(S(=O)(=O)Cl)nc1Nc1c2c(cc3c1CCC3)CCC2.O=S(=O)(c1nc(Nc2c3c(cc4c2CCC4)CCC3)n[nH]1)N1CC2(CNC2)C1. The Hall–Kier alpha value is -3.43. The van der Waals surface area contributed by atoms with Crippen molar-refractivity contribution in [2.24, 2.45) is 10.8 Å². The number of nitrogens with one attached hydrogen (secondary N) is 5. The van der Waals surface area contributed by atoms with Crippen molar-refractivity contribution >= 4 is 61.1 Å². The van der Waals surface area contributed by atoms with Crippen LogP contribution in [0.4, 0.5) is 23.3 Å². The van der Waals surface area contributed by atoms with E-state index in [0.717, 1.165) is 100 Å². The molecule has 2 aromatic heterocycles. The van der Waals surface area contributed by atoms with Gasteiger partial charge in [0.2, 0.25) is 11.9 Å². The zero-order valence-electron chi connectivity index (χ0n) is 38.0. The molecule has 3 aliphatic heterocycles. The van der Waals surface area contributed by atoms with Crippen molar-refractivity contribution in [3.8, 4) is 0 Å². The topological polar surface area (TPSA) is 201 Å². The van der Waals surface area contributed by atoms with E-state index in [-0.39, 0.29) is 17.3 Å². The van der Waals surface area contributed by atoms with E-state index in [4.69, 9.17) is 15.4 Å². The van der Waals surface area contributed by atoms with Gasteiger partial charge in [0.25, 0.3) is 29.4 Å². The highest BCUT2D eigenvalue weighted by molar-refractivity contribution is 8.13. The van der Waals surface area contributed by atoms with Crippen LogP contribution < -0.4 is 21.3 Å². The van der Waals surface area contributed by atoms with Crippen LogP contribution in [-0.2, 0) is 81.9 Å². The van der Waals surface area contributed by atoms with Gasteiger partial charge in [0.1, 0.15) is 6.73 Å². The zero-order chi connectivity index (χ0) is 45.2. The highest BCUT2D eigenvalue weighted by atomic mass is 35.7. The fourth-order valence-corrected chi connectivity index (χ4v) is 13.8. The van der Waals surface area contributed by atoms with E-state index in [1.165, 1.54) is 98.7 Å². The number of H-pyrrole nitrogens is 1. The molecule has 0 unspecified atom stereocenters. The number of nitrogens with zero attached hydrogens (tertiary/aromatic N) is 6. The Bertz CT molecular complexity index is 2600. The maximum atomic E-state index is 12.8. The summed E-state index contributed by atoms with van der Waals surface area (Å²) in [5.41, 5.74) is 14.1. The molecule has 352 valence electrons. The smallest absolute Gasteiger partial charge is 0.298 e. The number of ether oxygens (including phenoxy) is 1. The summed E-state index contributed by atoms with van der Waals surface area (Å²) in [6, 6.07) is 5.75. The Morgan fingerprint density at radius 1 is 0.723 bits per heavy atom. The lowest BCUT2D eigenvalue weighted by Gasteiger charge is -2.54. The summed E-state index contributed by atoms with van der Waals surface area (Å²) >= 11 is 0. The summed E-state index contributed by atoms with van der Waals surface area (Å²) in [4.78, 5) is 8.50. The fraction of sp³-hybridized carbons (Fsp3) is 0.644. The number of halogens is 1. The molecule has 4 aromatic rings. The average molecular weight is 967 g/mol. The Labute approximate surface area is 388 Å². The molecule has 2 spiro atoms. The highest BCUT2D eigenvalue weighted by Gasteiger charge is 2.52. The lowest BCUT2D eigenvalue weighted by Crippen LogP contribution is -2.71. The van der Waals surface area contributed by atoms with Gasteiger partial charge >= 0.3 is 0 Å². The van der Waals surface area contributed by atoms with Crippen molar-refractivity contribution in [3.05, 3.63) is 56.6 Å². The van der Waals surface area contributed by atoms with Gasteiger partial charge in [0.05, 0.1) is 0 Å². The van der Waals surface area contributed by atoms with Gasteiger partial charge < -0.3 is 26.0 Å². The van der Waals surface area contributed by atoms with Crippen molar-refractivity contribution < 1.29 is 21.6 Å². The van der Waals surface area contributed by atoms with Crippen LogP contribution in [0.5, 0.6) is 0 Å². The van der Waals surface area contributed by atoms with E-state index in [9.17, 15) is 16.8 Å². The van der Waals surface area contributed by atoms with Gasteiger partial charge in [-0.05, 0) is 146 Å². The van der Waals surface area contributed by atoms with Gasteiger partial charge in [-0.2, -0.15) is 14.3 Å². The maximum Gasteiger partial charge on any atom is 0.298 e. The first-order valence-electron chi connectivity index (χ1n) is 23.8. The predicted octanol–water partition coefficient (Wildman–Crippen LogP) is 6.12. The number of aromatic amines is 1. The van der Waals surface area contributed by atoms with E-state index in [2.05, 4.69) is 78.3 Å². The zero-order valence-corrected chi connectivity index (χ0v) is 41.4. The molecule has 0 amide bonds. The summed E-state index contributed by atoms with van der Waals surface area (Å²) < 4.78 is 58.1. The largest absolute Gasteiger partial charge is 0.359 e. The van der Waals surface area contributed by atoms with E-state index >= 15 is 0 Å². The van der Waals surface area contributed by atoms with Gasteiger partial charge in [-0.15, -0.1) is 10.2 Å². The molecule has 5 heterocycles. The Morgan fingerprint density at radius 2 is 1.25 bits per heavy atom. The summed E-state index contributed by atoms with van der Waals surface area (Å²) in [6.07, 6.45) is 17.7. The van der Waals surface area contributed by atoms with Crippen LogP contribution in [-0.4, -0.2) is 105 Å². The van der Waals surface area contributed by atoms with Crippen LogP contribution in [0.1, 0.15) is 89.5 Å². The Kier molecular flexibility index (Phi) is 12.3. The quantitative estimate of drug-likeness (QED) is 0.0619. The van der Waals surface area contributed by atoms with Gasteiger partial charge in [-0.3, -0.25) is 0 Å². The Morgan fingerprint density at radius 3 is 1.68 bits per heavy atom. The van der Waals surface area contributed by atoms with Crippen LogP contribution in [0, 0.1) is 10.8 Å². The molecule has 65 heavy (non-hydrogen) atoms. The number of fused-ring (bicyclic) bond motifs is 4. The highest BCUT2D eigenvalue weighted by Crippen LogP contribution is 2.44. The third-order valence-electron chi connectivity index (χ3n) is 15.0. The van der Waals surface area contributed by atoms with Gasteiger partial charge in [-0.1, -0.05) is 38.2 Å². The van der Waals surface area contributed by atoms with Crippen molar-refractivity contribution in [3.63, 3.8) is 0 Å². The molecule has 4 fully saturated rings. The summed E-state index contributed by atoms with van der Waals surface area (Å²) in [7, 11) is -3.34. The monoisotopic (exact) mass is 965 g/mol. The Balaban J connectivity index is 0.000000133. The van der Waals surface area contributed by atoms with Gasteiger partial charge in [-0.25, -0.2) is 26.6 Å². The molecular formula is C45H64ClN11O5S2Si. The predicted molar refractivity (Wildman–Crippen MR) is 254 cm³/mol. The molecule has 8 aliphatic rings. The standard InChI is InChI=1S/C20H29ClN4O3SSi.C19H24N6O2S.C6H11N/c1-30(2,3)11-10-28-13-25-19(23-20(24-25)29(21,26)27)22-18-16-8-4-6-14(16)12-15-7-5-9-17(15)18;26-28(27,25-10-19(11-25)8-20-9-19)18-22-17(23-24-18)21-16-14-5-1-3-12(14)7-13-4-2-6-15(13)16;1-2-6(3-1)4-7-5-6/h12H,4-11,13H2,1-3H3,(H,22,23,24);7,20H,1-6,8-11H2,(H2,21,22,23,24);7H,1-5H2. The normalized spacial score (nSPS) is 20.8. The van der Waals surface area contributed by atoms with E-state index in [1.54, 1.807) is 0 Å².